The van der Waals surface area contributed by atoms with Gasteiger partial charge in [0.15, 0.2) is 0 Å². The van der Waals surface area contributed by atoms with Gasteiger partial charge in [-0.05, 0) is 49.9 Å². The molecule has 1 saturated carbocycles. The van der Waals surface area contributed by atoms with Gasteiger partial charge in [0.1, 0.15) is 0 Å². The zero-order valence-electron chi connectivity index (χ0n) is 14.7. The molecule has 1 aromatic carbocycles. The summed E-state index contributed by atoms with van der Waals surface area (Å²) >= 11 is 5.86. The summed E-state index contributed by atoms with van der Waals surface area (Å²) in [5.74, 6) is -0.141. The third-order valence-electron chi connectivity index (χ3n) is 4.61. The molecule has 1 aromatic heterocycles. The van der Waals surface area contributed by atoms with Crippen LogP contribution in [0.2, 0.25) is 5.02 Å². The van der Waals surface area contributed by atoms with Crippen molar-refractivity contribution < 1.29 is 19.2 Å². The zero-order valence-corrected chi connectivity index (χ0v) is 15.4. The molecule has 0 aliphatic heterocycles. The Kier molecular flexibility index (Phi) is 6.28. The molecule has 1 aliphatic carbocycles. The number of hydrogen-bond acceptors (Lipinski definition) is 5. The lowest BCUT2D eigenvalue weighted by molar-refractivity contribution is -0.142. The topological polar surface area (TPSA) is 117 Å². The number of urea groups is 1. The lowest BCUT2D eigenvalue weighted by Crippen LogP contribution is -2.44. The molecular weight excluding hydrogens is 372 g/mol. The summed E-state index contributed by atoms with van der Waals surface area (Å²) in [5, 5.41) is 19.2. The van der Waals surface area contributed by atoms with E-state index in [-0.39, 0.29) is 18.0 Å². The van der Waals surface area contributed by atoms with Gasteiger partial charge in [0.2, 0.25) is 11.7 Å². The Hall–Kier alpha value is -2.61. The number of rotatable bonds is 6. The molecule has 0 saturated heterocycles. The van der Waals surface area contributed by atoms with E-state index < -0.39 is 5.97 Å². The fourth-order valence-electron chi connectivity index (χ4n) is 3.08. The van der Waals surface area contributed by atoms with Crippen molar-refractivity contribution in [2.24, 2.45) is 5.92 Å². The van der Waals surface area contributed by atoms with E-state index in [0.29, 0.717) is 55.4 Å². The van der Waals surface area contributed by atoms with Crippen LogP contribution in [-0.4, -0.2) is 39.8 Å². The van der Waals surface area contributed by atoms with Gasteiger partial charge >= 0.3 is 12.0 Å². The molecule has 27 heavy (non-hydrogen) atoms. The molecule has 144 valence electrons. The summed E-state index contributed by atoms with van der Waals surface area (Å²) in [7, 11) is 0. The van der Waals surface area contributed by atoms with E-state index in [1.165, 1.54) is 0 Å². The van der Waals surface area contributed by atoms with Gasteiger partial charge in [-0.2, -0.15) is 4.98 Å². The third kappa shape index (κ3) is 5.43. The second kappa shape index (κ2) is 8.85. The van der Waals surface area contributed by atoms with Crippen molar-refractivity contribution in [3.05, 3.63) is 35.2 Å². The summed E-state index contributed by atoms with van der Waals surface area (Å²) in [6.07, 6.45) is 2.96. The third-order valence-corrected chi connectivity index (χ3v) is 4.86. The number of aromatic nitrogens is 2. The smallest absolute Gasteiger partial charge is 0.315 e. The standard InChI is InChI=1S/C18H21ClN4O4/c19-13-5-1-11(2-6-13)16-22-15(27-23-16)9-10-20-18(26)21-14-7-3-12(4-8-14)17(24)25/h1-2,5-6,12,14H,3-4,7-10H2,(H,24,25)(H2,20,21,26). The van der Waals surface area contributed by atoms with E-state index in [9.17, 15) is 9.59 Å². The molecule has 1 fully saturated rings. The highest BCUT2D eigenvalue weighted by atomic mass is 35.5. The van der Waals surface area contributed by atoms with E-state index in [1.54, 1.807) is 12.1 Å². The maximum absolute atomic E-state index is 12.0. The fourth-order valence-corrected chi connectivity index (χ4v) is 3.20. The Balaban J connectivity index is 1.39. The minimum atomic E-state index is -0.754. The maximum atomic E-state index is 12.0. The van der Waals surface area contributed by atoms with Gasteiger partial charge in [0.25, 0.3) is 0 Å². The summed E-state index contributed by atoms with van der Waals surface area (Å²) in [5.41, 5.74) is 0.803. The molecule has 0 radical (unpaired) electrons. The predicted molar refractivity (Wildman–Crippen MR) is 98.4 cm³/mol. The molecular formula is C18H21ClN4O4. The van der Waals surface area contributed by atoms with E-state index >= 15 is 0 Å². The van der Waals surface area contributed by atoms with Crippen molar-refractivity contribution in [1.82, 2.24) is 20.8 Å². The van der Waals surface area contributed by atoms with Gasteiger partial charge in [0, 0.05) is 29.6 Å². The lowest BCUT2D eigenvalue weighted by Gasteiger charge is -2.26. The van der Waals surface area contributed by atoms with Crippen molar-refractivity contribution >= 4 is 23.6 Å². The van der Waals surface area contributed by atoms with E-state index in [1.807, 2.05) is 12.1 Å². The number of carbonyl (C=O) groups excluding carboxylic acids is 1. The van der Waals surface area contributed by atoms with Crippen molar-refractivity contribution in [3.8, 4) is 11.4 Å². The Morgan fingerprint density at radius 1 is 1.19 bits per heavy atom. The molecule has 1 aliphatic rings. The molecule has 8 nitrogen and oxygen atoms in total. The first-order valence-corrected chi connectivity index (χ1v) is 9.25. The van der Waals surface area contributed by atoms with Gasteiger partial charge in [-0.3, -0.25) is 4.79 Å². The highest BCUT2D eigenvalue weighted by Gasteiger charge is 2.26. The second-order valence-corrected chi connectivity index (χ2v) is 6.99. The molecule has 2 aromatic rings. The van der Waals surface area contributed by atoms with Crippen molar-refractivity contribution in [3.63, 3.8) is 0 Å². The monoisotopic (exact) mass is 392 g/mol. The highest BCUT2D eigenvalue weighted by Crippen LogP contribution is 2.24. The molecule has 9 heteroatoms. The Morgan fingerprint density at radius 3 is 2.56 bits per heavy atom. The van der Waals surface area contributed by atoms with Crippen LogP contribution in [0.3, 0.4) is 0 Å². The summed E-state index contributed by atoms with van der Waals surface area (Å²) in [6, 6.07) is 6.86. The molecule has 0 spiro atoms. The van der Waals surface area contributed by atoms with E-state index in [0.717, 1.165) is 5.56 Å². The quantitative estimate of drug-likeness (QED) is 0.695. The maximum Gasteiger partial charge on any atom is 0.315 e. The van der Waals surface area contributed by atoms with Gasteiger partial charge in [0.05, 0.1) is 5.92 Å². The second-order valence-electron chi connectivity index (χ2n) is 6.56. The Labute approximate surface area is 161 Å². The first-order valence-electron chi connectivity index (χ1n) is 8.87. The van der Waals surface area contributed by atoms with Crippen LogP contribution in [0.5, 0.6) is 0 Å². The number of amides is 2. The van der Waals surface area contributed by atoms with Gasteiger partial charge in [-0.25, -0.2) is 4.79 Å². The number of carboxylic acid groups (broad SMARTS) is 1. The number of carbonyl (C=O) groups is 2. The van der Waals surface area contributed by atoms with Gasteiger partial charge in [-0.15, -0.1) is 0 Å². The minimum absolute atomic E-state index is 0.0144. The number of hydrogen-bond donors (Lipinski definition) is 3. The Bertz CT molecular complexity index is 785. The Morgan fingerprint density at radius 2 is 1.89 bits per heavy atom. The number of aliphatic carboxylic acids is 1. The molecule has 0 atom stereocenters. The summed E-state index contributed by atoms with van der Waals surface area (Å²) in [6.45, 7) is 0.360. The predicted octanol–water partition coefficient (Wildman–Crippen LogP) is 2.88. The number of benzene rings is 1. The van der Waals surface area contributed by atoms with Crippen molar-refractivity contribution in [1.29, 1.82) is 0 Å². The first-order chi connectivity index (χ1) is 13.0. The summed E-state index contributed by atoms with van der Waals surface area (Å²) < 4.78 is 5.19. The van der Waals surface area contributed by atoms with Crippen LogP contribution in [0.4, 0.5) is 4.79 Å². The van der Waals surface area contributed by atoms with Crippen molar-refractivity contribution in [2.45, 2.75) is 38.1 Å². The number of nitrogens with zero attached hydrogens (tertiary/aromatic N) is 2. The first kappa shape index (κ1) is 19.2. The zero-order chi connectivity index (χ0) is 19.2. The molecule has 0 bridgehead atoms. The van der Waals surface area contributed by atoms with Crippen LogP contribution < -0.4 is 10.6 Å². The van der Waals surface area contributed by atoms with E-state index in [2.05, 4.69) is 20.8 Å². The van der Waals surface area contributed by atoms with Crippen LogP contribution >= 0.6 is 11.6 Å². The highest BCUT2D eigenvalue weighted by molar-refractivity contribution is 6.30. The minimum Gasteiger partial charge on any atom is -0.481 e. The average Bonchev–Trinajstić information content (AvgIpc) is 3.11. The number of halogens is 1. The van der Waals surface area contributed by atoms with Crippen LogP contribution in [-0.2, 0) is 11.2 Å². The van der Waals surface area contributed by atoms with Crippen LogP contribution in [0.1, 0.15) is 31.6 Å². The van der Waals surface area contributed by atoms with Crippen LogP contribution in [0.15, 0.2) is 28.8 Å². The molecule has 0 unspecified atom stereocenters. The van der Waals surface area contributed by atoms with Crippen LogP contribution in [0.25, 0.3) is 11.4 Å². The van der Waals surface area contributed by atoms with Gasteiger partial charge in [-0.1, -0.05) is 16.8 Å². The van der Waals surface area contributed by atoms with Crippen LogP contribution in [0, 0.1) is 5.92 Å². The SMILES string of the molecule is O=C(NCCc1nc(-c2ccc(Cl)cc2)no1)NC1CCC(C(=O)O)CC1. The number of nitrogens with one attached hydrogen (secondary N) is 2. The molecule has 3 N–H and O–H groups in total. The largest absolute Gasteiger partial charge is 0.481 e. The lowest BCUT2D eigenvalue weighted by atomic mass is 9.86. The summed E-state index contributed by atoms with van der Waals surface area (Å²) in [4.78, 5) is 27.2. The molecule has 2 amide bonds. The van der Waals surface area contributed by atoms with Gasteiger partial charge < -0.3 is 20.3 Å². The van der Waals surface area contributed by atoms with E-state index in [4.69, 9.17) is 21.2 Å². The molecule has 1 heterocycles. The fraction of sp³-hybridized carbons (Fsp3) is 0.444. The molecule has 3 rings (SSSR count). The number of carboxylic acids is 1. The normalized spacial score (nSPS) is 19.4. The van der Waals surface area contributed by atoms with Crippen molar-refractivity contribution in [2.75, 3.05) is 6.54 Å². The average molecular weight is 393 g/mol.